The van der Waals surface area contributed by atoms with Crippen LogP contribution in [0.5, 0.6) is 0 Å². The van der Waals surface area contributed by atoms with E-state index in [1.54, 1.807) is 6.92 Å². The number of ketones is 1. The number of Topliss-reactive ketones (excluding diaryl/α,β-unsaturated/α-hetero) is 1. The fourth-order valence-corrected chi connectivity index (χ4v) is 4.87. The average Bonchev–Trinajstić information content (AvgIpc) is 2.90. The van der Waals surface area contributed by atoms with Crippen LogP contribution in [-0.2, 0) is 23.8 Å². The lowest BCUT2D eigenvalue weighted by atomic mass is 9.84. The van der Waals surface area contributed by atoms with Gasteiger partial charge in [0.2, 0.25) is 0 Å². The second kappa shape index (κ2) is 11.8. The van der Waals surface area contributed by atoms with Crippen molar-refractivity contribution in [1.82, 2.24) is 0 Å². The highest BCUT2D eigenvalue weighted by molar-refractivity contribution is 5.84. The summed E-state index contributed by atoms with van der Waals surface area (Å²) in [5.41, 5.74) is 6.42. The molecule has 0 spiro atoms. The van der Waals surface area contributed by atoms with E-state index < -0.39 is 11.7 Å². The molecular weight excluding hydrogens is 481 g/mol. The van der Waals surface area contributed by atoms with E-state index in [0.717, 1.165) is 48.1 Å². The molecule has 196 valence electrons. The summed E-state index contributed by atoms with van der Waals surface area (Å²) in [6.07, 6.45) is -2.07. The molecule has 4 aromatic carbocycles. The van der Waals surface area contributed by atoms with Crippen molar-refractivity contribution in [1.29, 1.82) is 0 Å². The van der Waals surface area contributed by atoms with Crippen molar-refractivity contribution >= 4 is 5.78 Å². The Morgan fingerprint density at radius 1 is 0.684 bits per heavy atom. The summed E-state index contributed by atoms with van der Waals surface area (Å²) in [5, 5.41) is 0. The Morgan fingerprint density at radius 2 is 1.24 bits per heavy atom. The van der Waals surface area contributed by atoms with Gasteiger partial charge in [-0.3, -0.25) is 4.79 Å². The molecule has 38 heavy (non-hydrogen) atoms. The van der Waals surface area contributed by atoms with Crippen molar-refractivity contribution in [2.24, 2.45) is 5.92 Å². The zero-order valence-electron chi connectivity index (χ0n) is 22.1. The van der Waals surface area contributed by atoms with Crippen molar-refractivity contribution in [3.05, 3.63) is 119 Å². The van der Waals surface area contributed by atoms with Crippen LogP contribution in [0.1, 0.15) is 55.4 Å². The predicted octanol–water partition coefficient (Wildman–Crippen LogP) is 9.54. The Hall–Kier alpha value is -3.66. The number of rotatable bonds is 9. The van der Waals surface area contributed by atoms with Crippen LogP contribution in [0, 0.1) is 5.92 Å². The van der Waals surface area contributed by atoms with Gasteiger partial charge < -0.3 is 0 Å². The van der Waals surface area contributed by atoms with Gasteiger partial charge in [0.05, 0.1) is 5.56 Å². The second-order valence-electron chi connectivity index (χ2n) is 10.4. The molecule has 1 nitrogen and oxygen atoms in total. The van der Waals surface area contributed by atoms with Gasteiger partial charge in [-0.2, -0.15) is 13.2 Å². The highest BCUT2D eigenvalue weighted by Crippen LogP contribution is 2.34. The molecule has 1 unspecified atom stereocenters. The Kier molecular flexibility index (Phi) is 8.51. The molecule has 0 N–H and O–H groups in total. The van der Waals surface area contributed by atoms with Gasteiger partial charge in [-0.15, -0.1) is 0 Å². The van der Waals surface area contributed by atoms with Gasteiger partial charge in [-0.05, 0) is 83.2 Å². The van der Waals surface area contributed by atoms with E-state index in [0.29, 0.717) is 11.5 Å². The van der Waals surface area contributed by atoms with Gasteiger partial charge in [0, 0.05) is 5.92 Å². The third kappa shape index (κ3) is 7.00. The summed E-state index contributed by atoms with van der Waals surface area (Å²) >= 11 is 0. The molecular formula is C34H33F3O. The maximum Gasteiger partial charge on any atom is 0.416 e. The Bertz CT molecular complexity index is 1350. The van der Waals surface area contributed by atoms with Crippen LogP contribution in [-0.4, -0.2) is 5.78 Å². The number of aryl methyl sites for hydroxylation is 2. The average molecular weight is 515 g/mol. The van der Waals surface area contributed by atoms with Crippen molar-refractivity contribution in [3.8, 4) is 22.3 Å². The van der Waals surface area contributed by atoms with Crippen LogP contribution in [0.3, 0.4) is 0 Å². The number of hydrogen-bond acceptors (Lipinski definition) is 1. The first-order valence-corrected chi connectivity index (χ1v) is 13.1. The second-order valence-corrected chi connectivity index (χ2v) is 10.4. The van der Waals surface area contributed by atoms with E-state index in [1.165, 1.54) is 28.8 Å². The molecule has 0 bridgehead atoms. The van der Waals surface area contributed by atoms with Crippen LogP contribution < -0.4 is 0 Å². The van der Waals surface area contributed by atoms with Gasteiger partial charge in [0.15, 0.2) is 0 Å². The molecule has 4 heteroatoms. The molecule has 0 saturated carbocycles. The van der Waals surface area contributed by atoms with Gasteiger partial charge in [-0.1, -0.05) is 98.8 Å². The molecule has 0 aliphatic carbocycles. The van der Waals surface area contributed by atoms with Crippen LogP contribution in [0.4, 0.5) is 13.2 Å². The SMILES string of the molecule is CC(=O)C(CC(C)C)c1cc(CCc2ccc(-c3ccccc3)cc2)cc(-c2ccc(C(F)(F)F)cc2)c1. The summed E-state index contributed by atoms with van der Waals surface area (Å²) in [4.78, 5) is 12.6. The standard InChI is InChI=1S/C34H33F3O/c1-23(2)19-33(24(3)38)31-21-26(20-30(22-31)29-15-17-32(18-16-29)34(35,36)37)10-9-25-11-13-28(14-12-25)27-7-5-4-6-8-27/h4-8,11-18,20-23,33H,9-10,19H2,1-3H3. The molecule has 0 aliphatic heterocycles. The minimum Gasteiger partial charge on any atom is -0.299 e. The van der Waals surface area contributed by atoms with Gasteiger partial charge in [0.1, 0.15) is 5.78 Å². The van der Waals surface area contributed by atoms with Gasteiger partial charge >= 0.3 is 6.18 Å². The summed E-state index contributed by atoms with van der Waals surface area (Å²) in [7, 11) is 0. The molecule has 0 saturated heterocycles. The summed E-state index contributed by atoms with van der Waals surface area (Å²) in [6, 6.07) is 30.1. The van der Waals surface area contributed by atoms with Gasteiger partial charge in [0.25, 0.3) is 0 Å². The zero-order valence-corrected chi connectivity index (χ0v) is 22.1. The topological polar surface area (TPSA) is 17.1 Å². The third-order valence-corrected chi connectivity index (χ3v) is 6.92. The zero-order chi connectivity index (χ0) is 27.3. The number of alkyl halides is 3. The largest absolute Gasteiger partial charge is 0.416 e. The smallest absolute Gasteiger partial charge is 0.299 e. The lowest BCUT2D eigenvalue weighted by molar-refractivity contribution is -0.137. The lowest BCUT2D eigenvalue weighted by Crippen LogP contribution is -2.12. The fourth-order valence-electron chi connectivity index (χ4n) is 4.87. The van der Waals surface area contributed by atoms with Crippen LogP contribution in [0.2, 0.25) is 0 Å². The van der Waals surface area contributed by atoms with Crippen LogP contribution >= 0.6 is 0 Å². The number of carbonyl (C=O) groups excluding carboxylic acids is 1. The Balaban J connectivity index is 1.63. The normalized spacial score (nSPS) is 12.5. The summed E-state index contributed by atoms with van der Waals surface area (Å²) in [5.74, 6) is 0.198. The number of carbonyl (C=O) groups is 1. The number of hydrogen-bond donors (Lipinski definition) is 0. The first kappa shape index (κ1) is 27.4. The lowest BCUT2D eigenvalue weighted by Gasteiger charge is -2.19. The minimum atomic E-state index is -4.38. The third-order valence-electron chi connectivity index (χ3n) is 6.92. The molecule has 1 atom stereocenters. The number of benzene rings is 4. The maximum atomic E-state index is 13.1. The minimum absolute atomic E-state index is 0.103. The Labute approximate surface area is 223 Å². The molecule has 0 amide bonds. The monoisotopic (exact) mass is 514 g/mol. The van der Waals surface area contributed by atoms with Crippen molar-refractivity contribution in [2.75, 3.05) is 0 Å². The highest BCUT2D eigenvalue weighted by atomic mass is 19.4. The van der Waals surface area contributed by atoms with E-state index in [2.05, 4.69) is 56.3 Å². The van der Waals surface area contributed by atoms with E-state index >= 15 is 0 Å². The fraction of sp³-hybridized carbons (Fsp3) is 0.265. The van der Waals surface area contributed by atoms with Gasteiger partial charge in [-0.25, -0.2) is 0 Å². The van der Waals surface area contributed by atoms with Crippen LogP contribution in [0.15, 0.2) is 97.1 Å². The molecule has 0 aliphatic rings. The molecule has 0 radical (unpaired) electrons. The maximum absolute atomic E-state index is 13.1. The first-order chi connectivity index (χ1) is 18.1. The van der Waals surface area contributed by atoms with Crippen molar-refractivity contribution < 1.29 is 18.0 Å². The molecule has 0 fully saturated rings. The van der Waals surface area contributed by atoms with Crippen molar-refractivity contribution in [3.63, 3.8) is 0 Å². The van der Waals surface area contributed by atoms with E-state index in [-0.39, 0.29) is 11.7 Å². The Morgan fingerprint density at radius 3 is 1.82 bits per heavy atom. The molecule has 0 aromatic heterocycles. The van der Waals surface area contributed by atoms with Crippen molar-refractivity contribution in [2.45, 2.75) is 52.1 Å². The predicted molar refractivity (Wildman–Crippen MR) is 149 cm³/mol. The molecule has 0 heterocycles. The number of halogens is 3. The molecule has 4 rings (SSSR count). The molecule has 4 aromatic rings. The quantitative estimate of drug-likeness (QED) is 0.217. The summed E-state index contributed by atoms with van der Waals surface area (Å²) in [6.45, 7) is 5.80. The van der Waals surface area contributed by atoms with Crippen LogP contribution in [0.25, 0.3) is 22.3 Å². The highest BCUT2D eigenvalue weighted by Gasteiger charge is 2.30. The first-order valence-electron chi connectivity index (χ1n) is 13.1. The van der Waals surface area contributed by atoms with E-state index in [9.17, 15) is 18.0 Å². The van der Waals surface area contributed by atoms with E-state index in [1.807, 2.05) is 30.3 Å². The van der Waals surface area contributed by atoms with E-state index in [4.69, 9.17) is 0 Å². The summed E-state index contributed by atoms with van der Waals surface area (Å²) < 4.78 is 39.3.